The highest BCUT2D eigenvalue weighted by molar-refractivity contribution is 6.14. The number of likely N-dealkylation sites (tertiary alicyclic amines) is 1. The lowest BCUT2D eigenvalue weighted by atomic mass is 9.59. The molecule has 11 nitrogen and oxygen atoms in total. The van der Waals surface area contributed by atoms with Gasteiger partial charge >= 0.3 is 0 Å². The number of nitrogens with two attached hydrogens (primary N) is 1. The molecule has 2 fully saturated rings. The molecule has 11 heteroatoms. The van der Waals surface area contributed by atoms with Gasteiger partial charge in [-0.1, -0.05) is 19.3 Å². The number of allylic oxidation sites excluding steroid dienone is 1. The number of phenolic OH excluding ortho intramolecular Hbond substituents is 1. The van der Waals surface area contributed by atoms with E-state index >= 15 is 0 Å². The first-order valence-electron chi connectivity index (χ1n) is 16.4. The minimum absolute atomic E-state index is 0.0357. The number of furan rings is 1. The molecule has 2 heterocycles. The lowest BCUT2D eigenvalue weighted by Crippen LogP contribution is -2.60. The fourth-order valence-electron chi connectivity index (χ4n) is 9.53. The van der Waals surface area contributed by atoms with E-state index in [0.717, 1.165) is 30.5 Å². The second-order valence-corrected chi connectivity index (χ2v) is 14.3. The largest absolute Gasteiger partial charge is 0.511 e. The molecular weight excluding hydrogens is 590 g/mol. The summed E-state index contributed by atoms with van der Waals surface area (Å²) in [5.74, 6) is -6.95. The normalized spacial score (nSPS) is 30.9. The van der Waals surface area contributed by atoms with Gasteiger partial charge in [-0.15, -0.1) is 0 Å². The Kier molecular flexibility index (Phi) is 7.58. The van der Waals surface area contributed by atoms with Crippen LogP contribution in [0, 0.1) is 29.6 Å². The number of ketones is 1. The van der Waals surface area contributed by atoms with E-state index in [-0.39, 0.29) is 29.7 Å². The van der Waals surface area contributed by atoms with Gasteiger partial charge in [0.25, 0.3) is 5.91 Å². The van der Waals surface area contributed by atoms with Crippen molar-refractivity contribution in [2.75, 3.05) is 27.2 Å². The predicted octanol–water partition coefficient (Wildman–Crippen LogP) is 3.39. The maximum absolute atomic E-state index is 14.2. The number of carbonyl (C=O) groups excluding carboxylic acids is 2. The van der Waals surface area contributed by atoms with E-state index in [1.165, 1.54) is 38.2 Å². The quantitative estimate of drug-likeness (QED) is 0.267. The number of aliphatic hydroxyl groups is 4. The zero-order valence-corrected chi connectivity index (χ0v) is 26.3. The highest BCUT2D eigenvalue weighted by Gasteiger charge is 2.60. The van der Waals surface area contributed by atoms with Crippen LogP contribution in [0.3, 0.4) is 0 Å². The number of aromatic hydroxyl groups is 1. The van der Waals surface area contributed by atoms with E-state index in [1.807, 2.05) is 6.07 Å². The van der Waals surface area contributed by atoms with Crippen LogP contribution in [0.15, 0.2) is 51.5 Å². The van der Waals surface area contributed by atoms with Crippen molar-refractivity contribution in [1.29, 1.82) is 0 Å². The number of Topliss-reactive ketones (excluding diaryl/α,β-unsaturated/α-hetero) is 1. The SMILES string of the molecule is CN(C)[C@@H]1C(O)=C(C(N)=O)C(O)(O)C2C(O)=C3C(=O)c4c(O)ccc(-c5occc5CN5CCC6CCCCC6C5)c4CC3CC21. The number of hydrogen-bond donors (Lipinski definition) is 6. The van der Waals surface area contributed by atoms with E-state index in [0.29, 0.717) is 23.4 Å². The number of rotatable bonds is 5. The Morgan fingerprint density at radius 3 is 2.52 bits per heavy atom. The first-order chi connectivity index (χ1) is 21.9. The van der Waals surface area contributed by atoms with Crippen LogP contribution in [0.25, 0.3) is 11.3 Å². The Morgan fingerprint density at radius 1 is 1.07 bits per heavy atom. The van der Waals surface area contributed by atoms with Crippen molar-refractivity contribution in [2.45, 2.75) is 63.3 Å². The molecule has 2 aromatic rings. The lowest BCUT2D eigenvalue weighted by Gasteiger charge is -2.51. The molecule has 5 aliphatic rings. The van der Waals surface area contributed by atoms with Crippen molar-refractivity contribution in [3.05, 3.63) is 63.8 Å². The van der Waals surface area contributed by atoms with Crippen LogP contribution in [0.4, 0.5) is 0 Å². The Bertz CT molecular complexity index is 1650. The van der Waals surface area contributed by atoms with Gasteiger partial charge in [-0.05, 0) is 93.8 Å². The van der Waals surface area contributed by atoms with Crippen LogP contribution >= 0.6 is 0 Å². The number of primary amides is 1. The van der Waals surface area contributed by atoms with Crippen molar-refractivity contribution < 1.29 is 39.5 Å². The zero-order chi connectivity index (χ0) is 32.7. The van der Waals surface area contributed by atoms with Gasteiger partial charge in [0.1, 0.15) is 28.6 Å². The van der Waals surface area contributed by atoms with E-state index in [2.05, 4.69) is 4.90 Å². The first-order valence-corrected chi connectivity index (χ1v) is 16.4. The van der Waals surface area contributed by atoms with Crippen molar-refractivity contribution in [3.63, 3.8) is 0 Å². The van der Waals surface area contributed by atoms with Gasteiger partial charge in [0.05, 0.1) is 23.8 Å². The third-order valence-corrected chi connectivity index (χ3v) is 11.5. The molecule has 7 rings (SSSR count). The molecule has 6 atom stereocenters. The summed E-state index contributed by atoms with van der Waals surface area (Å²) in [6.07, 6.45) is 8.53. The van der Waals surface area contributed by atoms with E-state index in [9.17, 15) is 35.1 Å². The van der Waals surface area contributed by atoms with Crippen molar-refractivity contribution in [1.82, 2.24) is 9.80 Å². The summed E-state index contributed by atoms with van der Waals surface area (Å²) in [6, 6.07) is 4.30. The van der Waals surface area contributed by atoms with Gasteiger partial charge in [-0.25, -0.2) is 0 Å². The van der Waals surface area contributed by atoms with E-state index < -0.39 is 58.4 Å². The number of piperidine rings is 1. The second-order valence-electron chi connectivity index (χ2n) is 14.3. The molecule has 246 valence electrons. The topological polar surface area (TPSA) is 181 Å². The summed E-state index contributed by atoms with van der Waals surface area (Å²) < 4.78 is 6.07. The summed E-state index contributed by atoms with van der Waals surface area (Å²) in [4.78, 5) is 30.6. The van der Waals surface area contributed by atoms with Gasteiger partial charge in [-0.2, -0.15) is 0 Å². The zero-order valence-electron chi connectivity index (χ0n) is 26.3. The monoisotopic (exact) mass is 633 g/mol. The van der Waals surface area contributed by atoms with Gasteiger partial charge in [0.15, 0.2) is 5.78 Å². The fourth-order valence-corrected chi connectivity index (χ4v) is 9.53. The molecule has 0 bridgehead atoms. The fraction of sp³-hybridized carbons (Fsp3) is 0.543. The van der Waals surface area contributed by atoms with Crippen LogP contribution in [0.2, 0.25) is 0 Å². The average Bonchev–Trinajstić information content (AvgIpc) is 3.43. The molecule has 0 spiro atoms. The number of benzene rings is 1. The predicted molar refractivity (Wildman–Crippen MR) is 167 cm³/mol. The summed E-state index contributed by atoms with van der Waals surface area (Å²) >= 11 is 0. The van der Waals surface area contributed by atoms with Crippen LogP contribution < -0.4 is 5.73 Å². The highest BCUT2D eigenvalue weighted by Crippen LogP contribution is 2.54. The lowest BCUT2D eigenvalue weighted by molar-refractivity contribution is -0.200. The number of likely N-dealkylation sites (N-methyl/N-ethyl adjacent to an activating group) is 1. The third-order valence-electron chi connectivity index (χ3n) is 11.5. The minimum atomic E-state index is -3.02. The molecule has 4 aliphatic carbocycles. The van der Waals surface area contributed by atoms with Gasteiger partial charge < -0.3 is 35.7 Å². The smallest absolute Gasteiger partial charge is 0.253 e. The van der Waals surface area contributed by atoms with E-state index in [4.69, 9.17) is 10.2 Å². The Balaban J connectivity index is 1.26. The molecule has 1 aromatic carbocycles. The molecule has 46 heavy (non-hydrogen) atoms. The standard InChI is InChI=1S/C35H43N3O8/c1-37(2)29-23-14-20-13-22-21(33-19(10-12-46-33)16-38-11-9-17-5-3-4-6-18(17)15-38)7-8-24(39)26(22)30(40)25(20)31(41)27(23)35(44,45)28(32(29)42)34(36)43/h7-8,10,12,17-18,20,23,27,29,39,41-42,44-45H,3-6,9,11,13-16H2,1-2H3,(H2,36,43)/t17?,18?,20?,23?,27?,29-/m0/s1. The molecule has 1 aliphatic heterocycles. The number of hydrogen-bond acceptors (Lipinski definition) is 10. The van der Waals surface area contributed by atoms with E-state index in [1.54, 1.807) is 31.3 Å². The summed E-state index contributed by atoms with van der Waals surface area (Å²) in [6.45, 7) is 2.80. The Morgan fingerprint density at radius 2 is 1.80 bits per heavy atom. The maximum atomic E-state index is 14.2. The number of amides is 1. The number of carbonyl (C=O) groups is 2. The summed E-state index contributed by atoms with van der Waals surface area (Å²) in [7, 11) is 3.34. The summed E-state index contributed by atoms with van der Waals surface area (Å²) in [5.41, 5.74) is 6.94. The van der Waals surface area contributed by atoms with Gasteiger partial charge in [0.2, 0.25) is 5.79 Å². The highest BCUT2D eigenvalue weighted by atomic mass is 16.5. The summed E-state index contributed by atoms with van der Waals surface area (Å²) in [5, 5.41) is 56.1. The van der Waals surface area contributed by atoms with Crippen LogP contribution in [-0.2, 0) is 17.8 Å². The molecule has 7 N–H and O–H groups in total. The molecule has 1 saturated heterocycles. The number of aliphatic hydroxyl groups excluding tert-OH is 2. The molecule has 1 amide bonds. The molecule has 1 saturated carbocycles. The second kappa shape index (κ2) is 11.3. The number of fused-ring (bicyclic) bond motifs is 4. The van der Waals surface area contributed by atoms with Crippen molar-refractivity contribution in [3.8, 4) is 17.1 Å². The average molecular weight is 634 g/mol. The Hall–Kier alpha value is -3.64. The maximum Gasteiger partial charge on any atom is 0.253 e. The third kappa shape index (κ3) is 4.70. The van der Waals surface area contributed by atoms with Crippen LogP contribution in [0.1, 0.15) is 60.0 Å². The van der Waals surface area contributed by atoms with Crippen LogP contribution in [-0.4, -0.2) is 86.0 Å². The minimum Gasteiger partial charge on any atom is -0.511 e. The molecule has 0 radical (unpaired) electrons. The molecule has 1 aromatic heterocycles. The van der Waals surface area contributed by atoms with Crippen molar-refractivity contribution in [2.24, 2.45) is 35.3 Å². The Labute approximate surface area is 267 Å². The molecular formula is C35H43N3O8. The van der Waals surface area contributed by atoms with Gasteiger partial charge in [-0.3, -0.25) is 19.4 Å². The number of nitrogens with zero attached hydrogens (tertiary/aromatic N) is 2. The van der Waals surface area contributed by atoms with Gasteiger partial charge in [0, 0.05) is 29.8 Å². The van der Waals surface area contributed by atoms with Crippen molar-refractivity contribution >= 4 is 11.7 Å². The first kappa shape index (κ1) is 31.0. The van der Waals surface area contributed by atoms with Crippen LogP contribution in [0.5, 0.6) is 5.75 Å². The molecule has 5 unspecified atom stereocenters. The number of phenols is 1.